The predicted octanol–water partition coefficient (Wildman–Crippen LogP) is 7.40. The predicted molar refractivity (Wildman–Crippen MR) is 246 cm³/mol. The van der Waals surface area contributed by atoms with Gasteiger partial charge in [0.25, 0.3) is 10.2 Å². The Morgan fingerprint density at radius 3 is 2.34 bits per heavy atom. The fraction of sp³-hybridized carbons (Fsp3) is 0.391. The molecule has 7 rings (SSSR count). The Labute approximate surface area is 367 Å². The summed E-state index contributed by atoms with van der Waals surface area (Å²) in [5, 5.41) is 12.0. The molecule has 15 heteroatoms. The molecule has 0 spiro atoms. The van der Waals surface area contributed by atoms with E-state index in [2.05, 4.69) is 67.1 Å². The molecule has 2 aromatic heterocycles. The van der Waals surface area contributed by atoms with E-state index in [0.29, 0.717) is 68.9 Å². The van der Waals surface area contributed by atoms with Gasteiger partial charge in [-0.15, -0.1) is 0 Å². The normalized spacial score (nSPS) is 13.7. The first-order valence-corrected chi connectivity index (χ1v) is 23.4. The zero-order valence-corrected chi connectivity index (χ0v) is 38.1. The molecule has 0 aliphatic carbocycles. The second-order valence-electron chi connectivity index (χ2n) is 15.3. The largest absolute Gasteiger partial charge is 0.493 e. The maximum atomic E-state index is 14.0. The van der Waals surface area contributed by atoms with Gasteiger partial charge in [-0.05, 0) is 81.1 Å². The van der Waals surface area contributed by atoms with Crippen LogP contribution >= 0.6 is 15.9 Å². The summed E-state index contributed by atoms with van der Waals surface area (Å²) in [6.07, 6.45) is 2.12. The molecule has 3 heterocycles. The number of hydrogen-bond acceptors (Lipinski definition) is 9. The quantitative estimate of drug-likeness (QED) is 0.0504. The second-order valence-corrected chi connectivity index (χ2v) is 18.0. The first-order valence-electron chi connectivity index (χ1n) is 20.9. The van der Waals surface area contributed by atoms with Crippen molar-refractivity contribution >= 4 is 59.5 Å². The first-order chi connectivity index (χ1) is 29.6. The summed E-state index contributed by atoms with van der Waals surface area (Å²) in [6, 6.07) is 28.5. The maximum absolute atomic E-state index is 14.0. The van der Waals surface area contributed by atoms with E-state index in [1.165, 1.54) is 8.61 Å². The first kappa shape index (κ1) is 44.1. The molecule has 1 fully saturated rings. The number of fused-ring (bicyclic) bond motifs is 2. The van der Waals surface area contributed by atoms with E-state index in [0.717, 1.165) is 74.2 Å². The monoisotopic (exact) mass is 913 g/mol. The zero-order valence-electron chi connectivity index (χ0n) is 35.7. The number of rotatable bonds is 19. The molecule has 6 aromatic rings. The van der Waals surface area contributed by atoms with E-state index < -0.39 is 10.2 Å². The minimum atomic E-state index is -3.44. The molecule has 0 atom stereocenters. The molecular weight excluding hydrogens is 859 g/mol. The number of benzene rings is 4. The molecule has 1 saturated heterocycles. The number of nitrogens with zero attached hydrogens (tertiary/aromatic N) is 6. The average molecular weight is 915 g/mol. The topological polar surface area (TPSA) is 123 Å². The number of aryl methyl sites for hydroxylation is 3. The molecule has 13 nitrogen and oxygen atoms in total. The van der Waals surface area contributed by atoms with Crippen molar-refractivity contribution in [3.63, 3.8) is 0 Å². The van der Waals surface area contributed by atoms with Crippen molar-refractivity contribution < 1.29 is 27.4 Å². The van der Waals surface area contributed by atoms with Gasteiger partial charge in [-0.3, -0.25) is 4.68 Å². The molecule has 61 heavy (non-hydrogen) atoms. The van der Waals surface area contributed by atoms with Crippen molar-refractivity contribution in [1.82, 2.24) is 28.3 Å². The van der Waals surface area contributed by atoms with Crippen molar-refractivity contribution in [1.29, 1.82) is 0 Å². The average Bonchev–Trinajstić information content (AvgIpc) is 3.77. The van der Waals surface area contributed by atoms with Gasteiger partial charge in [0.2, 0.25) is 0 Å². The van der Waals surface area contributed by atoms with Crippen LogP contribution in [0.1, 0.15) is 47.2 Å². The molecule has 1 N–H and O–H groups in total. The summed E-state index contributed by atoms with van der Waals surface area (Å²) >= 11 is 3.76. The van der Waals surface area contributed by atoms with Gasteiger partial charge >= 0.3 is 5.97 Å². The molecule has 324 valence electrons. The summed E-state index contributed by atoms with van der Waals surface area (Å²) in [7, 11) is 3.56. The summed E-state index contributed by atoms with van der Waals surface area (Å²) in [6.45, 7) is 6.25. The number of carbonyl (C=O) groups is 1. The van der Waals surface area contributed by atoms with Gasteiger partial charge < -0.3 is 29.0 Å². The van der Waals surface area contributed by atoms with Crippen molar-refractivity contribution in [2.24, 2.45) is 7.05 Å². The molecule has 0 saturated carbocycles. The summed E-state index contributed by atoms with van der Waals surface area (Å²) in [5.74, 6) is 1.21. The van der Waals surface area contributed by atoms with E-state index in [4.69, 9.17) is 19.3 Å². The van der Waals surface area contributed by atoms with Crippen molar-refractivity contribution in [3.8, 4) is 22.6 Å². The van der Waals surface area contributed by atoms with E-state index in [1.54, 1.807) is 14.1 Å². The van der Waals surface area contributed by atoms with Gasteiger partial charge in [-0.25, -0.2) is 4.79 Å². The maximum Gasteiger partial charge on any atom is 0.355 e. The van der Waals surface area contributed by atoms with Gasteiger partial charge in [0.05, 0.1) is 24.4 Å². The summed E-state index contributed by atoms with van der Waals surface area (Å²) in [4.78, 5) is 16.2. The van der Waals surface area contributed by atoms with Crippen LogP contribution in [0.15, 0.2) is 84.9 Å². The zero-order chi connectivity index (χ0) is 43.1. The molecule has 1 aliphatic rings. The van der Waals surface area contributed by atoms with E-state index >= 15 is 0 Å². The number of piperazine rings is 1. The minimum absolute atomic E-state index is 0.219. The minimum Gasteiger partial charge on any atom is -0.493 e. The number of halogens is 1. The van der Waals surface area contributed by atoms with Gasteiger partial charge in [-0.2, -0.15) is 22.1 Å². The summed E-state index contributed by atoms with van der Waals surface area (Å²) in [5.41, 5.74) is 7.19. The standard InChI is InChI=1S/C46H56BrN7O6S/c1-6-58-46(55)45-38(18-11-30-59-42-19-9-14-33-13-7-8-15-36(33)42)37-16-10-17-39(44(37)54(45)25-12-24-48-2)43-40(49-51(5)41(43)31-47)32-60-35-22-20-34(21-23-35)52-26-28-53(29-27-52)61(56,57)50(3)4/h7-10,13-17,19-23,48H,6,11-12,18,24-32H2,1-5H3. The van der Waals surface area contributed by atoms with Crippen molar-refractivity contribution in [3.05, 3.63) is 108 Å². The van der Waals surface area contributed by atoms with Crippen LogP contribution in [0.25, 0.3) is 32.8 Å². The molecule has 4 aromatic carbocycles. The van der Waals surface area contributed by atoms with Crippen LogP contribution in [0, 0.1) is 0 Å². The lowest BCUT2D eigenvalue weighted by atomic mass is 9.98. The Morgan fingerprint density at radius 2 is 1.62 bits per heavy atom. The highest BCUT2D eigenvalue weighted by molar-refractivity contribution is 9.08. The molecule has 0 radical (unpaired) electrons. The number of alkyl halides is 1. The van der Waals surface area contributed by atoms with Crippen LogP contribution in [-0.2, 0) is 46.9 Å². The highest BCUT2D eigenvalue weighted by Crippen LogP contribution is 2.40. The Bertz CT molecular complexity index is 2560. The van der Waals surface area contributed by atoms with Crippen molar-refractivity contribution in [2.45, 2.75) is 44.7 Å². The van der Waals surface area contributed by atoms with Crippen LogP contribution in [0.4, 0.5) is 5.69 Å². The number of nitrogens with one attached hydrogen (secondary N) is 1. The van der Waals surface area contributed by atoms with E-state index in [-0.39, 0.29) is 19.2 Å². The van der Waals surface area contributed by atoms with Crippen LogP contribution in [-0.4, -0.2) is 104 Å². The van der Waals surface area contributed by atoms with Gasteiger partial charge in [0.15, 0.2) is 0 Å². The van der Waals surface area contributed by atoms with Crippen LogP contribution in [0.5, 0.6) is 11.5 Å². The number of para-hydroxylation sites is 1. The number of hydrogen-bond donors (Lipinski definition) is 1. The number of carbonyl (C=O) groups excluding carboxylic acids is 1. The van der Waals surface area contributed by atoms with E-state index in [1.807, 2.05) is 74.2 Å². The highest BCUT2D eigenvalue weighted by atomic mass is 79.9. The molecule has 0 unspecified atom stereocenters. The fourth-order valence-corrected chi connectivity index (χ4v) is 9.99. The SMILES string of the molecule is CCOC(=O)c1c(CCCOc2cccc3ccccc23)c2cccc(-c3c(COc4ccc(N5CCN(S(=O)(=O)N(C)C)CC5)cc4)nn(C)c3CBr)c2n1CCCNC. The number of anilines is 1. The smallest absolute Gasteiger partial charge is 0.355 e. The molecule has 0 amide bonds. The molecule has 1 aliphatic heterocycles. The van der Waals surface area contributed by atoms with E-state index in [9.17, 15) is 13.2 Å². The Balaban J connectivity index is 1.18. The third-order valence-electron chi connectivity index (χ3n) is 11.3. The number of aromatic nitrogens is 3. The second kappa shape index (κ2) is 19.8. The van der Waals surface area contributed by atoms with Crippen LogP contribution in [0.2, 0.25) is 0 Å². The van der Waals surface area contributed by atoms with Crippen LogP contribution < -0.4 is 19.7 Å². The Hall–Kier alpha value is -4.93. The number of esters is 1. The van der Waals surface area contributed by atoms with Crippen LogP contribution in [0.3, 0.4) is 0 Å². The Kier molecular flexibility index (Phi) is 14.4. The number of ether oxygens (including phenoxy) is 3. The Morgan fingerprint density at radius 1 is 0.902 bits per heavy atom. The lowest BCUT2D eigenvalue weighted by Crippen LogP contribution is -2.51. The third-order valence-corrected chi connectivity index (χ3v) is 13.8. The highest BCUT2D eigenvalue weighted by Gasteiger charge is 2.30. The van der Waals surface area contributed by atoms with Gasteiger partial charge in [0.1, 0.15) is 29.5 Å². The molecule has 0 bridgehead atoms. The lowest BCUT2D eigenvalue weighted by Gasteiger charge is -2.36. The van der Waals surface area contributed by atoms with Crippen molar-refractivity contribution in [2.75, 3.05) is 72.0 Å². The van der Waals surface area contributed by atoms with Gasteiger partial charge in [-0.1, -0.05) is 70.5 Å². The molecular formula is C46H56BrN7O6S. The third kappa shape index (κ3) is 9.46. The fourth-order valence-electron chi connectivity index (χ4n) is 8.26. The van der Waals surface area contributed by atoms with Gasteiger partial charge in [0, 0.05) is 86.8 Å². The lowest BCUT2D eigenvalue weighted by molar-refractivity contribution is 0.0512. The summed E-state index contributed by atoms with van der Waals surface area (Å²) < 4.78 is 50.7.